The molecule has 2 rings (SSSR count). The molecule has 0 saturated heterocycles. The van der Waals surface area contributed by atoms with Gasteiger partial charge in [0.15, 0.2) is 11.5 Å². The van der Waals surface area contributed by atoms with Crippen LogP contribution in [0.1, 0.15) is 19.7 Å². The Labute approximate surface area is 93.3 Å². The molecule has 82 valence electrons. The molecule has 2 N–H and O–H groups in total. The highest BCUT2D eigenvalue weighted by atomic mass is 32.2. The molecule has 15 heavy (non-hydrogen) atoms. The van der Waals surface area contributed by atoms with Gasteiger partial charge in [0.1, 0.15) is 17.7 Å². The number of hydrogen-bond donors (Lipinski definition) is 1. The lowest BCUT2D eigenvalue weighted by molar-refractivity contribution is 1.09. The third-order valence-corrected chi connectivity index (χ3v) is 2.38. The molecule has 2 aromatic heterocycles. The van der Waals surface area contributed by atoms with Gasteiger partial charge >= 0.3 is 0 Å². The molecule has 0 aliphatic carbocycles. The van der Waals surface area contributed by atoms with Crippen molar-refractivity contribution in [2.45, 2.75) is 20.8 Å². The van der Waals surface area contributed by atoms with Crippen molar-refractivity contribution >= 4 is 28.9 Å². The lowest BCUT2D eigenvalue weighted by atomic mass is 10.5. The number of nitrogens with two attached hydrogens (primary N) is 1. The maximum atomic E-state index is 5.75. The predicted molar refractivity (Wildman–Crippen MR) is 64.7 cm³/mol. The van der Waals surface area contributed by atoms with E-state index >= 15 is 0 Å². The highest BCUT2D eigenvalue weighted by Gasteiger charge is 2.08. The third kappa shape index (κ3) is 2.20. The fourth-order valence-electron chi connectivity index (χ4n) is 1.18. The Kier molecular flexibility index (Phi) is 3.90. The van der Waals surface area contributed by atoms with Crippen LogP contribution in [0.15, 0.2) is 6.33 Å². The Morgan fingerprint density at radius 2 is 2.00 bits per heavy atom. The molecule has 0 saturated carbocycles. The zero-order chi connectivity index (χ0) is 11.4. The number of nitrogens with zero attached hydrogens (tertiary/aromatic N) is 4. The van der Waals surface area contributed by atoms with Gasteiger partial charge < -0.3 is 5.73 Å². The fraction of sp³-hybridized carbons (Fsp3) is 0.444. The van der Waals surface area contributed by atoms with Crippen LogP contribution in [-0.4, -0.2) is 25.2 Å². The standard InChI is InChI=1S/C7H9N5S.C2H6/c1-4-10-6(8)5-7(11-4)9-3-12(5)13-2;1-2/h3H,1-2H3,(H2,8,10,11);1-2H3. The van der Waals surface area contributed by atoms with Gasteiger partial charge in [-0.15, -0.1) is 0 Å². The van der Waals surface area contributed by atoms with Gasteiger partial charge in [-0.05, 0) is 18.9 Å². The molecule has 0 fully saturated rings. The number of rotatable bonds is 1. The van der Waals surface area contributed by atoms with Crippen molar-refractivity contribution < 1.29 is 0 Å². The van der Waals surface area contributed by atoms with E-state index in [2.05, 4.69) is 15.0 Å². The van der Waals surface area contributed by atoms with E-state index in [1.807, 2.05) is 24.1 Å². The van der Waals surface area contributed by atoms with Crippen LogP contribution in [0.25, 0.3) is 11.2 Å². The number of aromatic nitrogens is 4. The summed E-state index contributed by atoms with van der Waals surface area (Å²) in [5.41, 5.74) is 7.19. The minimum Gasteiger partial charge on any atom is -0.382 e. The minimum absolute atomic E-state index is 0.481. The molecule has 0 radical (unpaired) electrons. The molecule has 0 aliphatic rings. The number of anilines is 1. The van der Waals surface area contributed by atoms with Crippen molar-refractivity contribution in [1.82, 2.24) is 18.9 Å². The van der Waals surface area contributed by atoms with Crippen LogP contribution in [0.2, 0.25) is 0 Å². The molecular weight excluding hydrogens is 210 g/mol. The predicted octanol–water partition coefficient (Wildman–Crippen LogP) is 1.87. The SMILES string of the molecule is CC.CSn1cnc2nc(C)nc(N)c21. The monoisotopic (exact) mass is 225 g/mol. The molecule has 0 unspecified atom stereocenters. The van der Waals surface area contributed by atoms with Gasteiger partial charge in [-0.1, -0.05) is 13.8 Å². The zero-order valence-corrected chi connectivity index (χ0v) is 10.2. The maximum Gasteiger partial charge on any atom is 0.184 e. The molecule has 0 atom stereocenters. The zero-order valence-electron chi connectivity index (χ0n) is 9.35. The number of imidazole rings is 1. The van der Waals surface area contributed by atoms with Crippen molar-refractivity contribution in [3.05, 3.63) is 12.2 Å². The smallest absolute Gasteiger partial charge is 0.184 e. The van der Waals surface area contributed by atoms with Crippen molar-refractivity contribution in [1.29, 1.82) is 0 Å². The second kappa shape index (κ2) is 4.97. The summed E-state index contributed by atoms with van der Waals surface area (Å²) in [5, 5.41) is 0. The molecule has 0 aromatic carbocycles. The van der Waals surface area contributed by atoms with E-state index in [1.54, 1.807) is 13.3 Å². The van der Waals surface area contributed by atoms with E-state index in [9.17, 15) is 0 Å². The van der Waals surface area contributed by atoms with E-state index in [-0.39, 0.29) is 0 Å². The van der Waals surface area contributed by atoms with Crippen LogP contribution in [0.5, 0.6) is 0 Å². The molecule has 5 nitrogen and oxygen atoms in total. The number of hydrogen-bond acceptors (Lipinski definition) is 5. The van der Waals surface area contributed by atoms with Crippen LogP contribution < -0.4 is 5.73 Å². The van der Waals surface area contributed by atoms with Crippen LogP contribution in [0.3, 0.4) is 0 Å². The Morgan fingerprint density at radius 1 is 1.33 bits per heavy atom. The summed E-state index contributed by atoms with van der Waals surface area (Å²) in [6, 6.07) is 0. The molecule has 2 heterocycles. The average Bonchev–Trinajstić information content (AvgIpc) is 2.63. The summed E-state index contributed by atoms with van der Waals surface area (Å²) >= 11 is 1.52. The second-order valence-corrected chi connectivity index (χ2v) is 3.34. The Hall–Kier alpha value is -1.30. The third-order valence-electron chi connectivity index (χ3n) is 1.71. The van der Waals surface area contributed by atoms with Crippen molar-refractivity contribution in [2.24, 2.45) is 0 Å². The van der Waals surface area contributed by atoms with Gasteiger partial charge in [0, 0.05) is 6.26 Å². The summed E-state index contributed by atoms with van der Waals surface area (Å²) in [5.74, 6) is 1.13. The lowest BCUT2D eigenvalue weighted by Gasteiger charge is -2.00. The van der Waals surface area contributed by atoms with E-state index in [0.29, 0.717) is 17.3 Å². The van der Waals surface area contributed by atoms with Gasteiger partial charge in [0.05, 0.1) is 0 Å². The van der Waals surface area contributed by atoms with Gasteiger partial charge in [0.2, 0.25) is 0 Å². The quantitative estimate of drug-likeness (QED) is 0.802. The van der Waals surface area contributed by atoms with Gasteiger partial charge in [-0.25, -0.2) is 15.0 Å². The number of fused-ring (bicyclic) bond motifs is 1. The van der Waals surface area contributed by atoms with E-state index in [0.717, 1.165) is 5.52 Å². The summed E-state index contributed by atoms with van der Waals surface area (Å²) in [6.07, 6.45) is 3.64. The van der Waals surface area contributed by atoms with E-state index < -0.39 is 0 Å². The number of aryl methyl sites for hydroxylation is 1. The second-order valence-electron chi connectivity index (χ2n) is 2.58. The van der Waals surface area contributed by atoms with Gasteiger partial charge in [0.25, 0.3) is 0 Å². The van der Waals surface area contributed by atoms with Crippen molar-refractivity contribution in [3.63, 3.8) is 0 Å². The largest absolute Gasteiger partial charge is 0.382 e. The molecule has 0 aliphatic heterocycles. The van der Waals surface area contributed by atoms with Crippen LogP contribution >= 0.6 is 11.9 Å². The first-order valence-corrected chi connectivity index (χ1v) is 5.92. The van der Waals surface area contributed by atoms with Gasteiger partial charge in [-0.2, -0.15) is 0 Å². The summed E-state index contributed by atoms with van der Waals surface area (Å²) < 4.78 is 1.85. The van der Waals surface area contributed by atoms with E-state index in [1.165, 1.54) is 11.9 Å². The Morgan fingerprint density at radius 3 is 2.60 bits per heavy atom. The fourth-order valence-corrected chi connectivity index (χ4v) is 1.68. The topological polar surface area (TPSA) is 69.6 Å². The first-order chi connectivity index (χ1) is 7.22. The van der Waals surface area contributed by atoms with Crippen molar-refractivity contribution in [2.75, 3.05) is 12.0 Å². The average molecular weight is 225 g/mol. The molecule has 2 aromatic rings. The lowest BCUT2D eigenvalue weighted by Crippen LogP contribution is -1.98. The minimum atomic E-state index is 0.481. The number of nitrogen functional groups attached to an aromatic ring is 1. The first-order valence-electron chi connectivity index (χ1n) is 4.74. The summed E-state index contributed by atoms with van der Waals surface area (Å²) in [6.45, 7) is 5.80. The van der Waals surface area contributed by atoms with Crippen LogP contribution in [-0.2, 0) is 0 Å². The Balaban J connectivity index is 0.000000531. The summed E-state index contributed by atoms with van der Waals surface area (Å²) in [7, 11) is 0. The van der Waals surface area contributed by atoms with Crippen LogP contribution in [0.4, 0.5) is 5.82 Å². The molecule has 0 spiro atoms. The molecule has 6 heteroatoms. The van der Waals surface area contributed by atoms with Crippen LogP contribution in [0, 0.1) is 6.92 Å². The highest BCUT2D eigenvalue weighted by molar-refractivity contribution is 7.97. The molecule has 0 amide bonds. The van der Waals surface area contributed by atoms with Gasteiger partial charge in [-0.3, -0.25) is 3.97 Å². The summed E-state index contributed by atoms with van der Waals surface area (Å²) in [4.78, 5) is 12.4. The first kappa shape index (κ1) is 11.8. The van der Waals surface area contributed by atoms with Crippen molar-refractivity contribution in [3.8, 4) is 0 Å². The Bertz CT molecular complexity index is 451. The highest BCUT2D eigenvalue weighted by Crippen LogP contribution is 2.19. The normalized spacial score (nSPS) is 9.87. The van der Waals surface area contributed by atoms with E-state index in [4.69, 9.17) is 5.73 Å². The molecule has 0 bridgehead atoms. The maximum absolute atomic E-state index is 5.75. The molecular formula is C9H15N5S.